The molecule has 0 atom stereocenters. The summed E-state index contributed by atoms with van der Waals surface area (Å²) in [5.74, 6) is -0.0660. The Labute approximate surface area is 155 Å². The van der Waals surface area contributed by atoms with Crippen molar-refractivity contribution in [2.24, 2.45) is 0 Å². The van der Waals surface area contributed by atoms with Crippen LogP contribution in [0, 0.1) is 0 Å². The Balaban J connectivity index is 1.62. The molecule has 138 valence electrons. The Hall–Kier alpha value is -3.35. The van der Waals surface area contributed by atoms with Crippen molar-refractivity contribution in [3.8, 4) is 0 Å². The second kappa shape index (κ2) is 6.75. The number of hydrogen-bond donors (Lipinski definition) is 2. The molecule has 1 aliphatic rings. The van der Waals surface area contributed by atoms with Gasteiger partial charge in [0, 0.05) is 30.9 Å². The lowest BCUT2D eigenvalue weighted by Gasteiger charge is -2.30. The Kier molecular flexibility index (Phi) is 4.27. The van der Waals surface area contributed by atoms with Crippen LogP contribution in [0.2, 0.25) is 0 Å². The van der Waals surface area contributed by atoms with Crippen molar-refractivity contribution in [3.63, 3.8) is 0 Å². The summed E-state index contributed by atoms with van der Waals surface area (Å²) < 4.78 is 1.44. The number of nitrogen functional groups attached to an aromatic ring is 1. The number of fused-ring (bicyclic) bond motifs is 2. The number of rotatable bonds is 3. The van der Waals surface area contributed by atoms with E-state index in [1.807, 2.05) is 18.2 Å². The van der Waals surface area contributed by atoms with E-state index in [1.54, 1.807) is 29.2 Å². The number of amides is 1. The molecule has 7 nitrogen and oxygen atoms in total. The Bertz CT molecular complexity index is 1150. The molecule has 3 N–H and O–H groups in total. The van der Waals surface area contributed by atoms with Crippen molar-refractivity contribution in [1.29, 1.82) is 0 Å². The van der Waals surface area contributed by atoms with E-state index >= 15 is 0 Å². The maximum atomic E-state index is 12.9. The highest BCUT2D eigenvalue weighted by Gasteiger charge is 2.23. The third kappa shape index (κ3) is 3.01. The van der Waals surface area contributed by atoms with Gasteiger partial charge in [0.05, 0.1) is 10.9 Å². The molecule has 3 aromatic rings. The minimum Gasteiger partial charge on any atom is -0.398 e. The molecular weight excluding hydrogens is 344 g/mol. The molecule has 1 amide bonds. The van der Waals surface area contributed by atoms with Gasteiger partial charge in [-0.25, -0.2) is 4.79 Å². The second-order valence-electron chi connectivity index (χ2n) is 6.67. The molecule has 0 spiro atoms. The van der Waals surface area contributed by atoms with Crippen LogP contribution < -0.4 is 21.9 Å². The SMILES string of the molecule is Nc1cccc2c1CCCN2C(=O)CCn1c(=O)[nH]c(=O)c2ccccc21. The van der Waals surface area contributed by atoms with Crippen LogP contribution in [0.5, 0.6) is 0 Å². The van der Waals surface area contributed by atoms with E-state index in [1.165, 1.54) is 4.57 Å². The Morgan fingerprint density at radius 3 is 2.78 bits per heavy atom. The fraction of sp³-hybridized carbons (Fsp3) is 0.250. The number of carbonyl (C=O) groups is 1. The molecule has 0 aliphatic carbocycles. The number of aromatic amines is 1. The monoisotopic (exact) mass is 364 g/mol. The molecule has 1 aliphatic heterocycles. The molecule has 0 fully saturated rings. The molecule has 0 radical (unpaired) electrons. The molecule has 0 bridgehead atoms. The third-order valence-corrected chi connectivity index (χ3v) is 5.04. The molecule has 2 heterocycles. The van der Waals surface area contributed by atoms with Gasteiger partial charge in [-0.15, -0.1) is 0 Å². The molecule has 1 aromatic heterocycles. The predicted molar refractivity (Wildman–Crippen MR) is 105 cm³/mol. The van der Waals surface area contributed by atoms with Crippen molar-refractivity contribution in [2.45, 2.75) is 25.8 Å². The number of aryl methyl sites for hydroxylation is 1. The van der Waals surface area contributed by atoms with E-state index in [0.717, 1.165) is 24.1 Å². The molecule has 0 saturated carbocycles. The Morgan fingerprint density at radius 2 is 1.93 bits per heavy atom. The van der Waals surface area contributed by atoms with E-state index in [9.17, 15) is 14.4 Å². The summed E-state index contributed by atoms with van der Waals surface area (Å²) >= 11 is 0. The third-order valence-electron chi connectivity index (χ3n) is 5.04. The summed E-state index contributed by atoms with van der Waals surface area (Å²) in [6.07, 6.45) is 1.87. The highest BCUT2D eigenvalue weighted by Crippen LogP contribution is 2.31. The number of para-hydroxylation sites is 1. The summed E-state index contributed by atoms with van der Waals surface area (Å²) in [4.78, 5) is 41.1. The van der Waals surface area contributed by atoms with Gasteiger partial charge < -0.3 is 10.6 Å². The zero-order chi connectivity index (χ0) is 19.0. The molecule has 7 heteroatoms. The van der Waals surface area contributed by atoms with Crippen LogP contribution in [0.1, 0.15) is 18.4 Å². The van der Waals surface area contributed by atoms with E-state index in [2.05, 4.69) is 4.98 Å². The van der Waals surface area contributed by atoms with Crippen molar-refractivity contribution < 1.29 is 4.79 Å². The largest absolute Gasteiger partial charge is 0.398 e. The molecule has 4 rings (SSSR count). The molecule has 0 unspecified atom stereocenters. The zero-order valence-electron chi connectivity index (χ0n) is 14.8. The van der Waals surface area contributed by atoms with Gasteiger partial charge >= 0.3 is 5.69 Å². The van der Waals surface area contributed by atoms with Crippen LogP contribution in [0.25, 0.3) is 10.9 Å². The van der Waals surface area contributed by atoms with Crippen molar-refractivity contribution in [1.82, 2.24) is 9.55 Å². The van der Waals surface area contributed by atoms with Gasteiger partial charge in [-0.1, -0.05) is 18.2 Å². The van der Waals surface area contributed by atoms with Crippen molar-refractivity contribution in [3.05, 3.63) is 68.9 Å². The predicted octanol–water partition coefficient (Wildman–Crippen LogP) is 1.64. The van der Waals surface area contributed by atoms with E-state index in [-0.39, 0.29) is 18.9 Å². The van der Waals surface area contributed by atoms with Gasteiger partial charge in [-0.3, -0.25) is 19.1 Å². The van der Waals surface area contributed by atoms with Crippen molar-refractivity contribution >= 4 is 28.2 Å². The summed E-state index contributed by atoms with van der Waals surface area (Å²) in [5, 5.41) is 0.431. The first-order chi connectivity index (χ1) is 13.1. The first-order valence-electron chi connectivity index (χ1n) is 8.96. The highest BCUT2D eigenvalue weighted by molar-refractivity contribution is 5.95. The number of anilines is 2. The fourth-order valence-corrected chi connectivity index (χ4v) is 3.72. The van der Waals surface area contributed by atoms with Crippen LogP contribution in [0.4, 0.5) is 11.4 Å². The lowest BCUT2D eigenvalue weighted by atomic mass is 9.99. The molecular formula is C20H20N4O3. The first kappa shape index (κ1) is 17.1. The van der Waals surface area contributed by atoms with Crippen LogP contribution >= 0.6 is 0 Å². The van der Waals surface area contributed by atoms with Gasteiger partial charge in [0.25, 0.3) is 5.56 Å². The number of H-pyrrole nitrogens is 1. The smallest absolute Gasteiger partial charge is 0.328 e. The van der Waals surface area contributed by atoms with Crippen molar-refractivity contribution in [2.75, 3.05) is 17.2 Å². The summed E-state index contributed by atoms with van der Waals surface area (Å²) in [7, 11) is 0. The second-order valence-corrected chi connectivity index (χ2v) is 6.67. The van der Waals surface area contributed by atoms with Gasteiger partial charge in [0.1, 0.15) is 0 Å². The van der Waals surface area contributed by atoms with Crippen LogP contribution in [-0.2, 0) is 17.8 Å². The van der Waals surface area contributed by atoms with E-state index in [4.69, 9.17) is 5.73 Å². The van der Waals surface area contributed by atoms with Gasteiger partial charge in [-0.05, 0) is 42.7 Å². The topological polar surface area (TPSA) is 101 Å². The molecule has 0 saturated heterocycles. The summed E-state index contributed by atoms with van der Waals surface area (Å²) in [5.41, 5.74) is 8.21. The van der Waals surface area contributed by atoms with Gasteiger partial charge in [0.2, 0.25) is 5.91 Å². The standard InChI is InChI=1S/C20H20N4O3/c21-15-7-3-9-16-13(15)6-4-11-23(16)18(25)10-12-24-17-8-2-1-5-14(17)19(26)22-20(24)27/h1-3,5,7-9H,4,6,10-12,21H2,(H,22,26,27). The maximum Gasteiger partial charge on any atom is 0.328 e. The van der Waals surface area contributed by atoms with Crippen LogP contribution in [-0.4, -0.2) is 22.0 Å². The number of nitrogens with two attached hydrogens (primary N) is 1. The van der Waals surface area contributed by atoms with Crippen LogP contribution in [0.3, 0.4) is 0 Å². The average molecular weight is 364 g/mol. The maximum absolute atomic E-state index is 12.9. The van der Waals surface area contributed by atoms with Gasteiger partial charge in [0.15, 0.2) is 0 Å². The first-order valence-corrected chi connectivity index (χ1v) is 8.96. The number of nitrogens with one attached hydrogen (secondary N) is 1. The summed E-state index contributed by atoms with van der Waals surface area (Å²) in [6.45, 7) is 0.833. The number of aromatic nitrogens is 2. The minimum atomic E-state index is -0.505. The molecule has 2 aromatic carbocycles. The number of carbonyl (C=O) groups excluding carboxylic acids is 1. The summed E-state index contributed by atoms with van der Waals surface area (Å²) in [6, 6.07) is 12.5. The number of nitrogens with zero attached hydrogens (tertiary/aromatic N) is 2. The Morgan fingerprint density at radius 1 is 1.11 bits per heavy atom. The fourth-order valence-electron chi connectivity index (χ4n) is 3.72. The average Bonchev–Trinajstić information content (AvgIpc) is 2.67. The van der Waals surface area contributed by atoms with Gasteiger partial charge in [-0.2, -0.15) is 0 Å². The highest BCUT2D eigenvalue weighted by atomic mass is 16.2. The normalized spacial score (nSPS) is 13.6. The van der Waals surface area contributed by atoms with E-state index in [0.29, 0.717) is 23.1 Å². The quantitative estimate of drug-likeness (QED) is 0.690. The molecule has 27 heavy (non-hydrogen) atoms. The number of benzene rings is 2. The lowest BCUT2D eigenvalue weighted by molar-refractivity contribution is -0.118. The number of hydrogen-bond acceptors (Lipinski definition) is 4. The minimum absolute atomic E-state index is 0.0660. The lowest BCUT2D eigenvalue weighted by Crippen LogP contribution is -2.37. The zero-order valence-corrected chi connectivity index (χ0v) is 14.8. The van der Waals surface area contributed by atoms with Crippen LogP contribution in [0.15, 0.2) is 52.1 Å². The van der Waals surface area contributed by atoms with E-state index < -0.39 is 11.2 Å².